The van der Waals surface area contributed by atoms with Gasteiger partial charge in [0.25, 0.3) is 5.56 Å². The van der Waals surface area contributed by atoms with E-state index in [0.717, 1.165) is 27.2 Å². The molecule has 1 aromatic heterocycles. The lowest BCUT2D eigenvalue weighted by Crippen LogP contribution is -2.42. The highest BCUT2D eigenvalue weighted by molar-refractivity contribution is 7.89. The topological polar surface area (TPSA) is 81.4 Å². The van der Waals surface area contributed by atoms with Crippen LogP contribution in [0.3, 0.4) is 0 Å². The number of hydrogen-bond acceptors (Lipinski definition) is 4. The van der Waals surface area contributed by atoms with E-state index in [1.165, 1.54) is 34.1 Å². The van der Waals surface area contributed by atoms with Crippen molar-refractivity contribution in [1.29, 1.82) is 0 Å². The molecule has 0 spiro atoms. The third-order valence-corrected chi connectivity index (χ3v) is 5.95. The Morgan fingerprint density at radius 1 is 1.12 bits per heavy atom. The molecule has 0 fully saturated rings. The second-order valence-electron chi connectivity index (χ2n) is 5.62. The Morgan fingerprint density at radius 2 is 1.72 bits per heavy atom. The van der Waals surface area contributed by atoms with Gasteiger partial charge in [-0.15, -0.1) is 0 Å². The zero-order valence-electron chi connectivity index (χ0n) is 14.0. The lowest BCUT2D eigenvalue weighted by Gasteiger charge is -2.24. The fourth-order valence-corrected chi connectivity index (χ4v) is 3.79. The largest absolute Gasteiger partial charge is 0.330 e. The molecule has 0 N–H and O–H groups in total. The van der Waals surface area contributed by atoms with E-state index >= 15 is 0 Å². The standard InChI is InChI=1S/C15H17F2N3O4S/c1-9(10-5-6-11(16)12(17)7-10)20(4)25(23,24)13-8-18(2)15(22)19(3)14(13)21/h5-9H,1-4H3/t9-/m0/s1. The van der Waals surface area contributed by atoms with Crippen molar-refractivity contribution in [3.63, 3.8) is 0 Å². The van der Waals surface area contributed by atoms with Crippen molar-refractivity contribution in [3.8, 4) is 0 Å². The predicted molar refractivity (Wildman–Crippen MR) is 86.6 cm³/mol. The van der Waals surface area contributed by atoms with Gasteiger partial charge in [0.05, 0.1) is 0 Å². The van der Waals surface area contributed by atoms with Gasteiger partial charge in [-0.05, 0) is 24.6 Å². The molecule has 0 unspecified atom stereocenters. The highest BCUT2D eigenvalue weighted by Gasteiger charge is 2.30. The molecule has 2 aromatic rings. The van der Waals surface area contributed by atoms with Gasteiger partial charge in [0, 0.05) is 33.4 Å². The summed E-state index contributed by atoms with van der Waals surface area (Å²) < 4.78 is 54.5. The number of sulfonamides is 1. The lowest BCUT2D eigenvalue weighted by atomic mass is 10.1. The molecule has 1 aromatic carbocycles. The van der Waals surface area contributed by atoms with Crippen LogP contribution in [-0.2, 0) is 24.1 Å². The predicted octanol–water partition coefficient (Wildman–Crippen LogP) is 0.744. The van der Waals surface area contributed by atoms with Gasteiger partial charge in [0.15, 0.2) is 16.5 Å². The summed E-state index contributed by atoms with van der Waals surface area (Å²) in [5, 5.41) is 0. The van der Waals surface area contributed by atoms with Crippen molar-refractivity contribution in [2.75, 3.05) is 7.05 Å². The fraction of sp³-hybridized carbons (Fsp3) is 0.333. The maximum Gasteiger partial charge on any atom is 0.330 e. The van der Waals surface area contributed by atoms with Crippen LogP contribution in [0, 0.1) is 11.6 Å². The molecule has 1 atom stereocenters. The molecule has 0 amide bonds. The van der Waals surface area contributed by atoms with Crippen LogP contribution in [0.5, 0.6) is 0 Å². The number of aromatic nitrogens is 2. The summed E-state index contributed by atoms with van der Waals surface area (Å²) >= 11 is 0. The van der Waals surface area contributed by atoms with E-state index < -0.39 is 43.8 Å². The van der Waals surface area contributed by atoms with Gasteiger partial charge >= 0.3 is 5.69 Å². The van der Waals surface area contributed by atoms with Gasteiger partial charge in [-0.25, -0.2) is 22.0 Å². The molecule has 136 valence electrons. The normalized spacial score (nSPS) is 13.2. The van der Waals surface area contributed by atoms with E-state index in [0.29, 0.717) is 4.57 Å². The Balaban J connectivity index is 2.54. The molecule has 0 aliphatic rings. The first kappa shape index (κ1) is 19.0. The van der Waals surface area contributed by atoms with Gasteiger partial charge in [-0.3, -0.25) is 9.36 Å². The molecule has 0 radical (unpaired) electrons. The highest BCUT2D eigenvalue weighted by Crippen LogP contribution is 2.25. The van der Waals surface area contributed by atoms with Gasteiger partial charge in [-0.2, -0.15) is 4.31 Å². The molecular formula is C15H17F2N3O4S. The maximum absolute atomic E-state index is 13.4. The zero-order valence-corrected chi connectivity index (χ0v) is 14.8. The second-order valence-corrected chi connectivity index (χ2v) is 7.59. The lowest BCUT2D eigenvalue weighted by molar-refractivity contribution is 0.393. The molecule has 2 rings (SSSR count). The minimum atomic E-state index is -4.28. The van der Waals surface area contributed by atoms with Crippen molar-refractivity contribution in [2.24, 2.45) is 14.1 Å². The van der Waals surface area contributed by atoms with Gasteiger partial charge in [0.2, 0.25) is 10.0 Å². The summed E-state index contributed by atoms with van der Waals surface area (Å²) in [6.45, 7) is 1.47. The van der Waals surface area contributed by atoms with E-state index in [1.807, 2.05) is 0 Å². The summed E-state index contributed by atoms with van der Waals surface area (Å²) in [6, 6.07) is 2.17. The fourth-order valence-electron chi connectivity index (χ4n) is 2.30. The Labute approximate surface area is 142 Å². The quantitative estimate of drug-likeness (QED) is 0.792. The van der Waals surface area contributed by atoms with Crippen LogP contribution < -0.4 is 11.2 Å². The minimum absolute atomic E-state index is 0.214. The molecular weight excluding hydrogens is 356 g/mol. The van der Waals surface area contributed by atoms with Crippen molar-refractivity contribution < 1.29 is 17.2 Å². The smallest absolute Gasteiger partial charge is 0.302 e. The Bertz CT molecular complexity index is 1040. The number of benzene rings is 1. The van der Waals surface area contributed by atoms with Gasteiger partial charge in [0.1, 0.15) is 0 Å². The van der Waals surface area contributed by atoms with Crippen LogP contribution in [-0.4, -0.2) is 28.9 Å². The number of halogens is 2. The molecule has 0 saturated carbocycles. The highest BCUT2D eigenvalue weighted by atomic mass is 32.2. The van der Waals surface area contributed by atoms with E-state index in [1.54, 1.807) is 0 Å². The van der Waals surface area contributed by atoms with Crippen LogP contribution in [0.2, 0.25) is 0 Å². The first-order chi connectivity index (χ1) is 11.5. The van der Waals surface area contributed by atoms with Gasteiger partial charge in [-0.1, -0.05) is 6.07 Å². The van der Waals surface area contributed by atoms with E-state index in [9.17, 15) is 26.8 Å². The van der Waals surface area contributed by atoms with Crippen LogP contribution in [0.1, 0.15) is 18.5 Å². The molecule has 0 aliphatic carbocycles. The summed E-state index contributed by atoms with van der Waals surface area (Å²) in [6.07, 6.45) is 0.939. The summed E-state index contributed by atoms with van der Waals surface area (Å²) in [7, 11) is -0.575. The number of nitrogens with zero attached hydrogens (tertiary/aromatic N) is 3. The third kappa shape index (κ3) is 3.27. The first-order valence-corrected chi connectivity index (χ1v) is 8.62. The molecule has 0 bridgehead atoms. The Morgan fingerprint density at radius 3 is 2.28 bits per heavy atom. The number of aryl methyl sites for hydroxylation is 1. The van der Waals surface area contributed by atoms with Gasteiger partial charge < -0.3 is 4.57 Å². The number of hydrogen-bond donors (Lipinski definition) is 0. The second kappa shape index (κ2) is 6.52. The average molecular weight is 373 g/mol. The van der Waals surface area contributed by atoms with Crippen molar-refractivity contribution >= 4 is 10.0 Å². The Hall–Kier alpha value is -2.33. The molecule has 1 heterocycles. The van der Waals surface area contributed by atoms with Crippen LogP contribution in [0.15, 0.2) is 38.9 Å². The molecule has 10 heteroatoms. The summed E-state index contributed by atoms with van der Waals surface area (Å²) in [5.41, 5.74) is -1.42. The van der Waals surface area contributed by atoms with Crippen molar-refractivity contribution in [2.45, 2.75) is 17.9 Å². The van der Waals surface area contributed by atoms with Crippen LogP contribution in [0.4, 0.5) is 8.78 Å². The van der Waals surface area contributed by atoms with E-state index in [4.69, 9.17) is 0 Å². The maximum atomic E-state index is 13.4. The monoisotopic (exact) mass is 373 g/mol. The molecule has 0 saturated heterocycles. The summed E-state index contributed by atoms with van der Waals surface area (Å²) in [5.74, 6) is -2.15. The number of rotatable bonds is 4. The van der Waals surface area contributed by atoms with E-state index in [2.05, 4.69) is 0 Å². The third-order valence-electron chi connectivity index (χ3n) is 4.04. The zero-order chi connectivity index (χ0) is 19.1. The van der Waals surface area contributed by atoms with Crippen LogP contribution in [0.25, 0.3) is 0 Å². The molecule has 7 nitrogen and oxygen atoms in total. The average Bonchev–Trinajstić information content (AvgIpc) is 2.57. The molecule has 25 heavy (non-hydrogen) atoms. The first-order valence-electron chi connectivity index (χ1n) is 7.18. The van der Waals surface area contributed by atoms with Crippen LogP contribution >= 0.6 is 0 Å². The van der Waals surface area contributed by atoms with Crippen molar-refractivity contribution in [1.82, 2.24) is 13.4 Å². The Kier molecular flexibility index (Phi) is 4.96. The molecule has 0 aliphatic heterocycles. The SMILES string of the molecule is C[C@@H](c1ccc(F)c(F)c1)N(C)S(=O)(=O)c1cn(C)c(=O)n(C)c1=O. The van der Waals surface area contributed by atoms with Crippen molar-refractivity contribution in [3.05, 3.63) is 62.4 Å². The summed E-state index contributed by atoms with van der Waals surface area (Å²) in [4.78, 5) is 23.3. The minimum Gasteiger partial charge on any atom is -0.302 e. The van der Waals surface area contributed by atoms with E-state index in [-0.39, 0.29) is 5.56 Å².